The zero-order valence-corrected chi connectivity index (χ0v) is 12.4. The number of thiazole rings is 1. The van der Waals surface area contributed by atoms with Gasteiger partial charge >= 0.3 is 5.97 Å². The molecular formula is C14H14N4O3S. The lowest BCUT2D eigenvalue weighted by molar-refractivity contribution is -0.137. The standard InChI is InChI=1S/C14H14N4O3S/c19-11(20)6-9(8-2-3-8)18-13(21)10-7-17-14(22-10)12-15-4-1-5-16-12/h1,4-5,7-9H,2-3,6H2,(H,18,21)(H,19,20). The van der Waals surface area contributed by atoms with Gasteiger partial charge in [0.15, 0.2) is 10.8 Å². The van der Waals surface area contributed by atoms with Crippen LogP contribution in [0.5, 0.6) is 0 Å². The molecule has 0 saturated heterocycles. The van der Waals surface area contributed by atoms with Crippen LogP contribution in [0.15, 0.2) is 24.7 Å². The van der Waals surface area contributed by atoms with Gasteiger partial charge in [-0.05, 0) is 24.8 Å². The second kappa shape index (κ2) is 6.18. The van der Waals surface area contributed by atoms with E-state index in [1.165, 1.54) is 17.5 Å². The van der Waals surface area contributed by atoms with E-state index in [0.29, 0.717) is 15.7 Å². The molecular weight excluding hydrogens is 304 g/mol. The highest BCUT2D eigenvalue weighted by Crippen LogP contribution is 2.34. The van der Waals surface area contributed by atoms with Crippen LogP contribution in [0.2, 0.25) is 0 Å². The smallest absolute Gasteiger partial charge is 0.305 e. The molecule has 1 atom stereocenters. The molecule has 1 fully saturated rings. The Labute approximate surface area is 130 Å². The first kappa shape index (κ1) is 14.6. The second-order valence-corrected chi connectivity index (χ2v) is 6.15. The van der Waals surface area contributed by atoms with E-state index in [2.05, 4.69) is 20.3 Å². The Morgan fingerprint density at radius 2 is 2.05 bits per heavy atom. The summed E-state index contributed by atoms with van der Waals surface area (Å²) in [5.74, 6) is -0.460. The van der Waals surface area contributed by atoms with Crippen molar-refractivity contribution in [3.63, 3.8) is 0 Å². The molecule has 22 heavy (non-hydrogen) atoms. The van der Waals surface area contributed by atoms with Gasteiger partial charge in [-0.3, -0.25) is 9.59 Å². The number of hydrogen-bond donors (Lipinski definition) is 2. The molecule has 3 rings (SSSR count). The Bertz CT molecular complexity index is 684. The highest BCUT2D eigenvalue weighted by molar-refractivity contribution is 7.16. The third kappa shape index (κ3) is 3.45. The maximum absolute atomic E-state index is 12.2. The van der Waals surface area contributed by atoms with Crippen LogP contribution >= 0.6 is 11.3 Å². The first-order chi connectivity index (χ1) is 10.6. The molecule has 1 saturated carbocycles. The van der Waals surface area contributed by atoms with Gasteiger partial charge in [0.1, 0.15) is 4.88 Å². The highest BCUT2D eigenvalue weighted by Gasteiger charge is 2.34. The number of nitrogens with zero attached hydrogens (tertiary/aromatic N) is 3. The predicted octanol–water partition coefficient (Wildman–Crippen LogP) is 1.58. The van der Waals surface area contributed by atoms with Gasteiger partial charge in [-0.25, -0.2) is 15.0 Å². The number of aromatic nitrogens is 3. The van der Waals surface area contributed by atoms with Gasteiger partial charge in [-0.15, -0.1) is 11.3 Å². The molecule has 1 aliphatic rings. The van der Waals surface area contributed by atoms with Crippen LogP contribution in [-0.4, -0.2) is 38.0 Å². The molecule has 0 radical (unpaired) electrons. The summed E-state index contributed by atoms with van der Waals surface area (Å²) < 4.78 is 0. The summed E-state index contributed by atoms with van der Waals surface area (Å²) in [4.78, 5) is 35.9. The van der Waals surface area contributed by atoms with Crippen molar-refractivity contribution in [2.45, 2.75) is 25.3 Å². The summed E-state index contributed by atoms with van der Waals surface area (Å²) >= 11 is 1.19. The Morgan fingerprint density at radius 1 is 1.32 bits per heavy atom. The topological polar surface area (TPSA) is 105 Å². The third-order valence-electron chi connectivity index (χ3n) is 3.39. The summed E-state index contributed by atoms with van der Waals surface area (Å²) in [5.41, 5.74) is 0. The maximum atomic E-state index is 12.2. The van der Waals surface area contributed by atoms with Crippen LogP contribution in [0.1, 0.15) is 28.9 Å². The molecule has 0 spiro atoms. The van der Waals surface area contributed by atoms with Gasteiger partial charge in [0.25, 0.3) is 5.91 Å². The minimum atomic E-state index is -0.903. The summed E-state index contributed by atoms with van der Waals surface area (Å²) in [6.45, 7) is 0. The molecule has 2 N–H and O–H groups in total. The van der Waals surface area contributed by atoms with Crippen LogP contribution in [0, 0.1) is 5.92 Å². The van der Waals surface area contributed by atoms with Gasteiger partial charge in [0.05, 0.1) is 12.6 Å². The molecule has 2 aromatic heterocycles. The minimum absolute atomic E-state index is 0.0517. The molecule has 1 unspecified atom stereocenters. The minimum Gasteiger partial charge on any atom is -0.481 e. The summed E-state index contributed by atoms with van der Waals surface area (Å²) in [6, 6.07) is 1.39. The first-order valence-electron chi connectivity index (χ1n) is 6.89. The van der Waals surface area contributed by atoms with Crippen LogP contribution in [0.4, 0.5) is 0 Å². The Hall–Kier alpha value is -2.35. The van der Waals surface area contributed by atoms with Crippen molar-refractivity contribution < 1.29 is 14.7 Å². The lowest BCUT2D eigenvalue weighted by Gasteiger charge is -2.15. The number of carbonyl (C=O) groups excluding carboxylic acids is 1. The average molecular weight is 318 g/mol. The summed E-state index contributed by atoms with van der Waals surface area (Å²) in [6.07, 6.45) is 6.56. The van der Waals surface area contributed by atoms with E-state index in [1.54, 1.807) is 18.5 Å². The fourth-order valence-corrected chi connectivity index (χ4v) is 2.92. The first-order valence-corrected chi connectivity index (χ1v) is 7.71. The largest absolute Gasteiger partial charge is 0.481 e. The van der Waals surface area contributed by atoms with E-state index in [4.69, 9.17) is 5.11 Å². The van der Waals surface area contributed by atoms with E-state index >= 15 is 0 Å². The number of amides is 1. The van der Waals surface area contributed by atoms with E-state index in [-0.39, 0.29) is 24.3 Å². The average Bonchev–Trinajstić information content (AvgIpc) is 3.23. The van der Waals surface area contributed by atoms with Crippen molar-refractivity contribution in [1.29, 1.82) is 0 Å². The third-order valence-corrected chi connectivity index (χ3v) is 4.38. The van der Waals surface area contributed by atoms with Gasteiger partial charge in [-0.1, -0.05) is 0 Å². The number of carbonyl (C=O) groups is 2. The maximum Gasteiger partial charge on any atom is 0.305 e. The molecule has 7 nitrogen and oxygen atoms in total. The van der Waals surface area contributed by atoms with Gasteiger partial charge < -0.3 is 10.4 Å². The van der Waals surface area contributed by atoms with Crippen molar-refractivity contribution in [2.75, 3.05) is 0 Å². The normalized spacial score (nSPS) is 15.3. The van der Waals surface area contributed by atoms with Crippen LogP contribution in [0.25, 0.3) is 10.8 Å². The molecule has 0 aromatic carbocycles. The fourth-order valence-electron chi connectivity index (χ4n) is 2.15. The van der Waals surface area contributed by atoms with Crippen LogP contribution in [-0.2, 0) is 4.79 Å². The molecule has 8 heteroatoms. The zero-order valence-electron chi connectivity index (χ0n) is 11.6. The van der Waals surface area contributed by atoms with Gasteiger partial charge in [0.2, 0.25) is 0 Å². The van der Waals surface area contributed by atoms with E-state index < -0.39 is 5.97 Å². The molecule has 0 bridgehead atoms. The number of hydrogen-bond acceptors (Lipinski definition) is 6. The number of carboxylic acids is 1. The van der Waals surface area contributed by atoms with E-state index in [1.807, 2.05) is 0 Å². The van der Waals surface area contributed by atoms with Crippen molar-refractivity contribution in [2.24, 2.45) is 5.92 Å². The fraction of sp³-hybridized carbons (Fsp3) is 0.357. The number of rotatable bonds is 6. The van der Waals surface area contributed by atoms with Gasteiger partial charge in [-0.2, -0.15) is 0 Å². The van der Waals surface area contributed by atoms with Crippen molar-refractivity contribution >= 4 is 23.2 Å². The highest BCUT2D eigenvalue weighted by atomic mass is 32.1. The van der Waals surface area contributed by atoms with Crippen molar-refractivity contribution in [3.05, 3.63) is 29.5 Å². The quantitative estimate of drug-likeness (QED) is 0.838. The molecule has 1 aliphatic carbocycles. The number of aliphatic carboxylic acids is 1. The van der Waals surface area contributed by atoms with E-state index in [0.717, 1.165) is 12.8 Å². The molecule has 2 aromatic rings. The number of carboxylic acid groups (broad SMARTS) is 1. The molecule has 114 valence electrons. The number of nitrogens with one attached hydrogen (secondary N) is 1. The van der Waals surface area contributed by atoms with Crippen molar-refractivity contribution in [3.8, 4) is 10.8 Å². The van der Waals surface area contributed by atoms with Crippen LogP contribution < -0.4 is 5.32 Å². The van der Waals surface area contributed by atoms with Crippen molar-refractivity contribution in [1.82, 2.24) is 20.3 Å². The Balaban J connectivity index is 1.70. The molecule has 0 aliphatic heterocycles. The predicted molar refractivity (Wildman–Crippen MR) is 79.4 cm³/mol. The lowest BCUT2D eigenvalue weighted by Crippen LogP contribution is -2.37. The summed E-state index contributed by atoms with van der Waals surface area (Å²) in [7, 11) is 0. The lowest BCUT2D eigenvalue weighted by atomic mass is 10.1. The van der Waals surface area contributed by atoms with Gasteiger partial charge in [0, 0.05) is 18.4 Å². The Kier molecular flexibility index (Phi) is 4.10. The van der Waals surface area contributed by atoms with Crippen LogP contribution in [0.3, 0.4) is 0 Å². The molecule has 1 amide bonds. The van der Waals surface area contributed by atoms with E-state index in [9.17, 15) is 9.59 Å². The summed E-state index contributed by atoms with van der Waals surface area (Å²) in [5, 5.41) is 12.3. The Morgan fingerprint density at radius 3 is 2.68 bits per heavy atom. The second-order valence-electron chi connectivity index (χ2n) is 5.12. The zero-order chi connectivity index (χ0) is 15.5. The molecule has 2 heterocycles. The monoisotopic (exact) mass is 318 g/mol. The SMILES string of the molecule is O=C(O)CC(NC(=O)c1cnc(-c2ncccn2)s1)C1CC1.